The summed E-state index contributed by atoms with van der Waals surface area (Å²) >= 11 is 3.33. The van der Waals surface area contributed by atoms with Crippen LogP contribution in [0.1, 0.15) is 38.2 Å². The summed E-state index contributed by atoms with van der Waals surface area (Å²) in [5, 5.41) is 0. The third-order valence-electron chi connectivity index (χ3n) is 3.72. The molecular formula is C13H18BrNO2S. The molecule has 18 heavy (non-hydrogen) atoms. The van der Waals surface area contributed by atoms with Gasteiger partial charge in [0.2, 0.25) is 10.0 Å². The minimum atomic E-state index is -3.44. The van der Waals surface area contributed by atoms with Gasteiger partial charge >= 0.3 is 0 Å². The highest BCUT2D eigenvalue weighted by molar-refractivity contribution is 9.10. The Morgan fingerprint density at radius 2 is 2.06 bits per heavy atom. The average Bonchev–Trinajstić information content (AvgIpc) is 2.23. The van der Waals surface area contributed by atoms with Gasteiger partial charge < -0.3 is 0 Å². The van der Waals surface area contributed by atoms with E-state index in [1.807, 2.05) is 26.0 Å². The van der Waals surface area contributed by atoms with Crippen LogP contribution in [-0.4, -0.2) is 14.0 Å². The number of aryl methyl sites for hydroxylation is 1. The maximum atomic E-state index is 12.4. The molecule has 1 aromatic carbocycles. The third-order valence-corrected chi connectivity index (χ3v) is 6.27. The lowest BCUT2D eigenvalue weighted by Gasteiger charge is -2.41. The van der Waals surface area contributed by atoms with E-state index in [9.17, 15) is 8.42 Å². The van der Waals surface area contributed by atoms with Gasteiger partial charge in [0.25, 0.3) is 0 Å². The maximum absolute atomic E-state index is 12.4. The molecule has 1 aliphatic carbocycles. The van der Waals surface area contributed by atoms with E-state index in [4.69, 9.17) is 0 Å². The molecule has 0 bridgehead atoms. The lowest BCUT2D eigenvalue weighted by atomic mass is 9.76. The normalized spacial score (nSPS) is 18.4. The summed E-state index contributed by atoms with van der Waals surface area (Å²) in [7, 11) is -3.44. The molecule has 0 radical (unpaired) electrons. The molecule has 0 heterocycles. The Kier molecular flexibility index (Phi) is 3.85. The SMILES string of the molecule is CCC1(NS(=O)(=O)c2ccc(C)cc2Br)CCC1. The second-order valence-electron chi connectivity index (χ2n) is 5.03. The van der Waals surface area contributed by atoms with E-state index in [-0.39, 0.29) is 5.54 Å². The molecule has 1 fully saturated rings. The third kappa shape index (κ3) is 2.63. The Hall–Kier alpha value is -0.390. The van der Waals surface area contributed by atoms with Gasteiger partial charge in [0.15, 0.2) is 0 Å². The van der Waals surface area contributed by atoms with Gasteiger partial charge in [-0.15, -0.1) is 0 Å². The Morgan fingerprint density at radius 3 is 2.50 bits per heavy atom. The Morgan fingerprint density at radius 1 is 1.39 bits per heavy atom. The fourth-order valence-electron chi connectivity index (χ4n) is 2.30. The number of hydrogen-bond donors (Lipinski definition) is 1. The second-order valence-corrected chi connectivity index (χ2v) is 7.53. The fourth-order valence-corrected chi connectivity index (χ4v) is 5.02. The van der Waals surface area contributed by atoms with E-state index in [2.05, 4.69) is 20.7 Å². The molecule has 0 aromatic heterocycles. The van der Waals surface area contributed by atoms with Crippen LogP contribution in [0, 0.1) is 6.92 Å². The van der Waals surface area contributed by atoms with Crippen LogP contribution in [0.25, 0.3) is 0 Å². The number of sulfonamides is 1. The summed E-state index contributed by atoms with van der Waals surface area (Å²) in [6.45, 7) is 3.97. The van der Waals surface area contributed by atoms with Crippen LogP contribution < -0.4 is 4.72 Å². The molecule has 0 atom stereocenters. The molecule has 5 heteroatoms. The van der Waals surface area contributed by atoms with Crippen LogP contribution in [0.4, 0.5) is 0 Å². The second kappa shape index (κ2) is 4.94. The molecular weight excluding hydrogens is 314 g/mol. The van der Waals surface area contributed by atoms with Crippen molar-refractivity contribution < 1.29 is 8.42 Å². The van der Waals surface area contributed by atoms with Crippen molar-refractivity contribution in [2.75, 3.05) is 0 Å². The summed E-state index contributed by atoms with van der Waals surface area (Å²) in [5.41, 5.74) is 0.818. The Bertz CT molecular complexity index is 545. The Balaban J connectivity index is 2.31. The predicted octanol–water partition coefficient (Wildman–Crippen LogP) is 3.37. The van der Waals surface area contributed by atoms with Crippen molar-refractivity contribution in [1.82, 2.24) is 4.72 Å². The largest absolute Gasteiger partial charge is 0.242 e. The summed E-state index contributed by atoms with van der Waals surface area (Å²) in [6.07, 6.45) is 3.82. The highest BCUT2D eigenvalue weighted by Gasteiger charge is 2.39. The average molecular weight is 332 g/mol. The topological polar surface area (TPSA) is 46.2 Å². The smallest absolute Gasteiger partial charge is 0.207 e. The number of nitrogens with one attached hydrogen (secondary N) is 1. The molecule has 0 amide bonds. The molecule has 3 nitrogen and oxygen atoms in total. The summed E-state index contributed by atoms with van der Waals surface area (Å²) in [4.78, 5) is 0.327. The lowest BCUT2D eigenvalue weighted by molar-refractivity contribution is 0.214. The van der Waals surface area contributed by atoms with Gasteiger partial charge in [0.05, 0.1) is 4.90 Å². The maximum Gasteiger partial charge on any atom is 0.242 e. The first-order valence-electron chi connectivity index (χ1n) is 6.19. The number of benzene rings is 1. The first kappa shape index (κ1) is 14.0. The zero-order valence-corrected chi connectivity index (χ0v) is 13.1. The minimum Gasteiger partial charge on any atom is -0.207 e. The number of hydrogen-bond acceptors (Lipinski definition) is 2. The molecule has 0 saturated heterocycles. The first-order valence-corrected chi connectivity index (χ1v) is 8.46. The highest BCUT2D eigenvalue weighted by Crippen LogP contribution is 2.36. The van der Waals surface area contributed by atoms with Crippen molar-refractivity contribution in [1.29, 1.82) is 0 Å². The number of rotatable bonds is 4. The van der Waals surface area contributed by atoms with Crippen molar-refractivity contribution in [2.24, 2.45) is 0 Å². The summed E-state index contributed by atoms with van der Waals surface area (Å²) in [5.74, 6) is 0. The Labute approximate surface area is 117 Å². The predicted molar refractivity (Wildman–Crippen MR) is 76.1 cm³/mol. The van der Waals surface area contributed by atoms with Gasteiger partial charge in [-0.2, -0.15) is 0 Å². The van der Waals surface area contributed by atoms with Crippen molar-refractivity contribution in [3.63, 3.8) is 0 Å². The van der Waals surface area contributed by atoms with Gasteiger partial charge in [-0.3, -0.25) is 0 Å². The lowest BCUT2D eigenvalue weighted by Crippen LogP contribution is -2.52. The van der Waals surface area contributed by atoms with Gasteiger partial charge in [-0.1, -0.05) is 13.0 Å². The summed E-state index contributed by atoms with van der Waals surface area (Å²) < 4.78 is 28.3. The first-order chi connectivity index (χ1) is 8.38. The zero-order valence-electron chi connectivity index (χ0n) is 10.7. The molecule has 0 unspecified atom stereocenters. The van der Waals surface area contributed by atoms with Gasteiger partial charge in [0.1, 0.15) is 0 Å². The quantitative estimate of drug-likeness (QED) is 0.919. The molecule has 0 spiro atoms. The van der Waals surface area contributed by atoms with E-state index < -0.39 is 10.0 Å². The molecule has 1 N–H and O–H groups in total. The van der Waals surface area contributed by atoms with E-state index in [0.29, 0.717) is 9.37 Å². The van der Waals surface area contributed by atoms with Gasteiger partial charge in [0, 0.05) is 10.0 Å². The highest BCUT2D eigenvalue weighted by atomic mass is 79.9. The van der Waals surface area contributed by atoms with Crippen LogP contribution in [0.15, 0.2) is 27.6 Å². The molecule has 1 aliphatic rings. The van der Waals surface area contributed by atoms with Crippen LogP contribution >= 0.6 is 15.9 Å². The molecule has 1 saturated carbocycles. The van der Waals surface area contributed by atoms with E-state index in [1.165, 1.54) is 0 Å². The van der Waals surface area contributed by atoms with Gasteiger partial charge in [-0.05, 0) is 66.2 Å². The fraction of sp³-hybridized carbons (Fsp3) is 0.538. The van der Waals surface area contributed by atoms with Crippen molar-refractivity contribution in [3.05, 3.63) is 28.2 Å². The monoisotopic (exact) mass is 331 g/mol. The minimum absolute atomic E-state index is 0.219. The zero-order chi connectivity index (χ0) is 13.4. The van der Waals surface area contributed by atoms with Crippen LogP contribution in [0.3, 0.4) is 0 Å². The van der Waals surface area contributed by atoms with E-state index >= 15 is 0 Å². The van der Waals surface area contributed by atoms with Gasteiger partial charge in [-0.25, -0.2) is 13.1 Å². The number of halogens is 1. The van der Waals surface area contributed by atoms with Crippen LogP contribution in [0.2, 0.25) is 0 Å². The molecule has 100 valence electrons. The molecule has 0 aliphatic heterocycles. The molecule has 2 rings (SSSR count). The van der Waals surface area contributed by atoms with Crippen molar-refractivity contribution in [2.45, 2.75) is 50.0 Å². The summed E-state index contributed by atoms with van der Waals surface area (Å²) in [6, 6.07) is 5.30. The van der Waals surface area contributed by atoms with Crippen LogP contribution in [-0.2, 0) is 10.0 Å². The van der Waals surface area contributed by atoms with E-state index in [1.54, 1.807) is 6.07 Å². The van der Waals surface area contributed by atoms with Crippen LogP contribution in [0.5, 0.6) is 0 Å². The van der Waals surface area contributed by atoms with Crippen molar-refractivity contribution in [3.8, 4) is 0 Å². The van der Waals surface area contributed by atoms with E-state index in [0.717, 1.165) is 31.2 Å². The standard InChI is InChI=1S/C13H18BrNO2S/c1-3-13(7-4-8-13)15-18(16,17)12-6-5-10(2)9-11(12)14/h5-6,9,15H,3-4,7-8H2,1-2H3. The van der Waals surface area contributed by atoms with Crippen molar-refractivity contribution >= 4 is 26.0 Å². The molecule has 1 aromatic rings.